The molecule has 2 saturated heterocycles. The molecule has 0 aliphatic carbocycles. The number of aromatic amines is 2. The normalized spacial score (nSPS) is 21.7. The van der Waals surface area contributed by atoms with Gasteiger partial charge in [0, 0.05) is 47.0 Å². The third kappa shape index (κ3) is 8.75. The van der Waals surface area contributed by atoms with Crippen LogP contribution in [0.15, 0.2) is 36.4 Å². The molecule has 2 aliphatic heterocycles. The smallest absolute Gasteiger partial charge is 0.245 e. The van der Waals surface area contributed by atoms with Gasteiger partial charge in [-0.05, 0) is 114 Å². The Morgan fingerprint density at radius 1 is 0.707 bits per heavy atom. The first-order chi connectivity index (χ1) is 27.7. The molecule has 4 aromatic rings. The summed E-state index contributed by atoms with van der Waals surface area (Å²) < 4.78 is 29.6. The van der Waals surface area contributed by atoms with Gasteiger partial charge in [-0.25, -0.2) is 8.78 Å². The summed E-state index contributed by atoms with van der Waals surface area (Å²) in [5.41, 5.74) is 3.58. The van der Waals surface area contributed by atoms with Crippen molar-refractivity contribution < 1.29 is 38.2 Å². The number of rotatable bonds is 15. The molecular formula is C42H56F2N8O6. The van der Waals surface area contributed by atoms with Crippen molar-refractivity contribution in [2.24, 2.45) is 0 Å². The Morgan fingerprint density at radius 3 is 1.43 bits per heavy atom. The number of amides is 4. The molecular weight excluding hydrogens is 751 g/mol. The van der Waals surface area contributed by atoms with Crippen LogP contribution < -0.4 is 21.3 Å². The van der Waals surface area contributed by atoms with E-state index in [1.54, 1.807) is 49.9 Å². The maximum Gasteiger partial charge on any atom is 0.245 e. The van der Waals surface area contributed by atoms with E-state index in [4.69, 9.17) is 0 Å². The molecule has 6 rings (SSSR count). The van der Waals surface area contributed by atoms with E-state index in [0.29, 0.717) is 46.0 Å². The maximum atomic E-state index is 14.8. The minimum Gasteiger partial charge on any atom is -0.391 e. The van der Waals surface area contributed by atoms with E-state index in [9.17, 15) is 38.2 Å². The lowest BCUT2D eigenvalue weighted by molar-refractivity contribution is -0.138. The number of hydrogen-bond acceptors (Lipinski definition) is 8. The Labute approximate surface area is 336 Å². The fourth-order valence-electron chi connectivity index (χ4n) is 8.42. The minimum absolute atomic E-state index is 0.0711. The summed E-state index contributed by atoms with van der Waals surface area (Å²) in [6.45, 7) is 7.15. The molecule has 16 heteroatoms. The number of nitrogens with one attached hydrogen (secondary N) is 6. The number of β-amino-alcohol motifs (C(OH)–C–C–N with tert-alkyl or cyclic N) is 2. The third-order valence-corrected chi connectivity index (χ3v) is 11.9. The van der Waals surface area contributed by atoms with Gasteiger partial charge in [0.1, 0.15) is 23.7 Å². The predicted octanol–water partition coefficient (Wildman–Crippen LogP) is 2.61. The molecule has 1 unspecified atom stereocenters. The van der Waals surface area contributed by atoms with E-state index in [1.807, 2.05) is 13.8 Å². The van der Waals surface area contributed by atoms with Crippen LogP contribution in [0.3, 0.4) is 0 Å². The van der Waals surface area contributed by atoms with Gasteiger partial charge in [-0.1, -0.05) is 13.8 Å². The number of hydrogen-bond donors (Lipinski definition) is 8. The number of aliphatic hydroxyl groups excluding tert-OH is 2. The van der Waals surface area contributed by atoms with Crippen molar-refractivity contribution in [2.45, 2.75) is 115 Å². The van der Waals surface area contributed by atoms with Gasteiger partial charge in [-0.2, -0.15) is 0 Å². The number of halogens is 2. The van der Waals surface area contributed by atoms with Crippen LogP contribution in [0.2, 0.25) is 0 Å². The summed E-state index contributed by atoms with van der Waals surface area (Å²) in [6, 6.07) is 5.13. The average Bonchev–Trinajstić information content (AvgIpc) is 3.96. The van der Waals surface area contributed by atoms with E-state index >= 15 is 0 Å². The molecule has 314 valence electrons. The number of likely N-dealkylation sites (tertiary alicyclic amines) is 2. The van der Waals surface area contributed by atoms with E-state index in [-0.39, 0.29) is 62.4 Å². The summed E-state index contributed by atoms with van der Waals surface area (Å²) >= 11 is 0. The highest BCUT2D eigenvalue weighted by molar-refractivity contribution is 5.97. The van der Waals surface area contributed by atoms with Gasteiger partial charge in [0.25, 0.3) is 0 Å². The first-order valence-electron chi connectivity index (χ1n) is 20.2. The monoisotopic (exact) mass is 806 g/mol. The largest absolute Gasteiger partial charge is 0.391 e. The van der Waals surface area contributed by atoms with Crippen LogP contribution in [0.5, 0.6) is 0 Å². The number of carbonyl (C=O) groups is 4. The molecule has 2 aliphatic rings. The number of likely N-dealkylation sites (N-methyl/N-ethyl adjacent to an activating group) is 2. The van der Waals surface area contributed by atoms with Gasteiger partial charge in [-0.3, -0.25) is 19.2 Å². The zero-order chi connectivity index (χ0) is 42.0. The zero-order valence-corrected chi connectivity index (χ0v) is 33.9. The maximum absolute atomic E-state index is 14.8. The summed E-state index contributed by atoms with van der Waals surface area (Å²) in [5, 5.41) is 34.7. The summed E-state index contributed by atoms with van der Waals surface area (Å²) in [6.07, 6.45) is 0.0738. The topological polar surface area (TPSA) is 195 Å². The number of aliphatic hydroxyl groups is 2. The van der Waals surface area contributed by atoms with Gasteiger partial charge in [0.2, 0.25) is 23.6 Å². The fourth-order valence-corrected chi connectivity index (χ4v) is 8.42. The molecule has 2 aromatic heterocycles. The van der Waals surface area contributed by atoms with Crippen LogP contribution in [0.4, 0.5) is 8.78 Å². The van der Waals surface area contributed by atoms with Crippen molar-refractivity contribution in [1.29, 1.82) is 0 Å². The van der Waals surface area contributed by atoms with Crippen LogP contribution >= 0.6 is 0 Å². The molecule has 0 spiro atoms. The molecule has 2 fully saturated rings. The van der Waals surface area contributed by atoms with Crippen LogP contribution in [-0.4, -0.2) is 129 Å². The highest BCUT2D eigenvalue weighted by atomic mass is 19.1. The first kappa shape index (κ1) is 42.7. The van der Waals surface area contributed by atoms with E-state index < -0.39 is 60.1 Å². The molecule has 8 atom stereocenters. The van der Waals surface area contributed by atoms with Crippen molar-refractivity contribution in [3.8, 4) is 11.4 Å². The fraction of sp³-hybridized carbons (Fsp3) is 0.524. The second kappa shape index (κ2) is 17.9. The van der Waals surface area contributed by atoms with E-state index in [0.717, 1.165) is 11.1 Å². The van der Waals surface area contributed by atoms with Crippen molar-refractivity contribution in [1.82, 2.24) is 41.0 Å². The molecule has 0 saturated carbocycles. The van der Waals surface area contributed by atoms with Crippen LogP contribution in [-0.2, 0) is 32.0 Å². The lowest BCUT2D eigenvalue weighted by Gasteiger charge is -2.30. The van der Waals surface area contributed by atoms with Crippen molar-refractivity contribution in [3.05, 3.63) is 59.2 Å². The van der Waals surface area contributed by atoms with Gasteiger partial charge in [0.15, 0.2) is 0 Å². The minimum atomic E-state index is -0.817. The molecule has 4 heterocycles. The van der Waals surface area contributed by atoms with Crippen LogP contribution in [0.1, 0.15) is 64.5 Å². The predicted molar refractivity (Wildman–Crippen MR) is 217 cm³/mol. The number of fused-ring (bicyclic) bond motifs is 2. The van der Waals surface area contributed by atoms with Crippen LogP contribution in [0.25, 0.3) is 33.2 Å². The molecule has 8 N–H and O–H groups in total. The summed E-state index contributed by atoms with van der Waals surface area (Å²) in [4.78, 5) is 63.7. The lowest BCUT2D eigenvalue weighted by atomic mass is 9.94. The number of aromatic nitrogens is 2. The van der Waals surface area contributed by atoms with Gasteiger partial charge in [-0.15, -0.1) is 0 Å². The SMILES string of the molecule is CC[C@H](NC(=O)C(C)NC)C(=O)N1C[C@@H](O)C[C@H]1Cc1c(-c2[nH]c3cc(F)ccc3c2C[C@@H]2C[C@H](O)CN2C(=O)[C@H](CC)NC(=O)[C@H](C)NC)[nH]c2cc(F)ccc12. The number of benzene rings is 2. The molecule has 14 nitrogen and oxygen atoms in total. The standard InChI is InChI=1S/C42H56F2N8O6/c1-7-33(49-39(55)21(3)45-5)41(57)51-19-27(53)15-25(51)17-31-29-11-9-23(43)13-35(29)47-37(31)38-32(30-12-10-24(44)14-36(30)48-38)18-26-16-28(54)20-52(26)42(58)34(8-2)50-40(56)22(4)46-6/h9-14,21-22,25-28,33-34,45-48,53-54H,7-8,15-20H2,1-6H3,(H,49,55)(H,50,56)/t21-,22?,25-,26-,27-,28-,33-,34-/m0/s1. The Bertz CT molecular complexity index is 2010. The number of carbonyl (C=O) groups excluding carboxylic acids is 4. The average molecular weight is 807 g/mol. The Hall–Kier alpha value is -4.90. The Kier molecular flexibility index (Phi) is 13.2. The summed E-state index contributed by atoms with van der Waals surface area (Å²) in [7, 11) is 3.31. The molecule has 0 radical (unpaired) electrons. The molecule has 58 heavy (non-hydrogen) atoms. The highest BCUT2D eigenvalue weighted by Crippen LogP contribution is 2.40. The quantitative estimate of drug-likeness (QED) is 0.0899. The lowest BCUT2D eigenvalue weighted by Crippen LogP contribution is -2.53. The van der Waals surface area contributed by atoms with Crippen LogP contribution in [0, 0.1) is 11.6 Å². The van der Waals surface area contributed by atoms with Crippen molar-refractivity contribution in [2.75, 3.05) is 27.2 Å². The number of nitrogens with zero attached hydrogens (tertiary/aromatic N) is 2. The highest BCUT2D eigenvalue weighted by Gasteiger charge is 2.41. The first-order valence-corrected chi connectivity index (χ1v) is 20.2. The summed E-state index contributed by atoms with van der Waals surface area (Å²) in [5.74, 6) is -2.21. The second-order valence-electron chi connectivity index (χ2n) is 15.8. The molecule has 2 aromatic carbocycles. The molecule has 4 amide bonds. The Morgan fingerprint density at radius 2 is 1.09 bits per heavy atom. The number of H-pyrrole nitrogens is 2. The Balaban J connectivity index is 1.40. The van der Waals surface area contributed by atoms with Gasteiger partial charge < -0.3 is 51.2 Å². The second-order valence-corrected chi connectivity index (χ2v) is 15.8. The molecule has 0 bridgehead atoms. The van der Waals surface area contributed by atoms with Crippen molar-refractivity contribution >= 4 is 45.4 Å². The third-order valence-electron chi connectivity index (χ3n) is 11.9. The van der Waals surface area contributed by atoms with E-state index in [1.165, 1.54) is 24.3 Å². The van der Waals surface area contributed by atoms with Crippen molar-refractivity contribution in [3.63, 3.8) is 0 Å². The zero-order valence-electron chi connectivity index (χ0n) is 33.9. The van der Waals surface area contributed by atoms with Gasteiger partial charge >= 0.3 is 0 Å². The van der Waals surface area contributed by atoms with Gasteiger partial charge in [0.05, 0.1) is 35.7 Å². The van der Waals surface area contributed by atoms with E-state index in [2.05, 4.69) is 31.2 Å².